The number of nitrogens with zero attached hydrogens (tertiary/aromatic N) is 1. The summed E-state index contributed by atoms with van der Waals surface area (Å²) in [5.74, 6) is -2.24. The Morgan fingerprint density at radius 2 is 1.95 bits per heavy atom. The van der Waals surface area contributed by atoms with Crippen molar-refractivity contribution in [3.63, 3.8) is 0 Å². The van der Waals surface area contributed by atoms with Gasteiger partial charge in [-0.2, -0.15) is 0 Å². The second kappa shape index (κ2) is 7.80. The number of benzene rings is 1. The van der Waals surface area contributed by atoms with Gasteiger partial charge in [0.25, 0.3) is 0 Å². The minimum absolute atomic E-state index is 0.228. The van der Waals surface area contributed by atoms with Crippen molar-refractivity contribution in [3.05, 3.63) is 35.1 Å². The minimum Gasteiger partial charge on any atom is -0.316 e. The van der Waals surface area contributed by atoms with Gasteiger partial charge in [-0.15, -0.1) is 0 Å². The molecule has 0 aliphatic carbocycles. The summed E-state index contributed by atoms with van der Waals surface area (Å²) in [6.45, 7) is 6.11. The number of hydrogen-bond donors (Lipinski definition) is 1. The molecule has 1 aliphatic heterocycles. The molecule has 0 bridgehead atoms. The lowest BCUT2D eigenvalue weighted by atomic mass is 9.98. The van der Waals surface area contributed by atoms with E-state index in [1.54, 1.807) is 0 Å². The summed E-state index contributed by atoms with van der Waals surface area (Å²) in [7, 11) is 0. The Kier molecular flexibility index (Phi) is 6.06. The van der Waals surface area contributed by atoms with Crippen LogP contribution in [0.25, 0.3) is 0 Å². The Morgan fingerprint density at radius 3 is 2.62 bits per heavy atom. The third-order valence-electron chi connectivity index (χ3n) is 3.94. The molecule has 0 radical (unpaired) electrons. The normalized spacial score (nSPS) is 19.2. The molecule has 0 amide bonds. The van der Waals surface area contributed by atoms with Gasteiger partial charge in [-0.3, -0.25) is 4.90 Å². The van der Waals surface area contributed by atoms with E-state index in [9.17, 15) is 13.2 Å². The van der Waals surface area contributed by atoms with Crippen LogP contribution in [0.2, 0.25) is 0 Å². The first-order valence-electron chi connectivity index (χ1n) is 7.66. The molecule has 0 aromatic heterocycles. The Balaban J connectivity index is 2.03. The minimum atomic E-state index is -1.13. The van der Waals surface area contributed by atoms with Crippen molar-refractivity contribution in [2.24, 2.45) is 5.92 Å². The smallest absolute Gasteiger partial charge is 0.161 e. The van der Waals surface area contributed by atoms with Crippen molar-refractivity contribution in [1.82, 2.24) is 10.2 Å². The third-order valence-corrected chi connectivity index (χ3v) is 3.94. The van der Waals surface area contributed by atoms with E-state index in [1.165, 1.54) is 0 Å². The fraction of sp³-hybridized carbons (Fsp3) is 0.625. The maximum absolute atomic E-state index is 13.8. The molecule has 5 heteroatoms. The molecule has 0 spiro atoms. The molecule has 1 fully saturated rings. The van der Waals surface area contributed by atoms with E-state index in [4.69, 9.17) is 0 Å². The van der Waals surface area contributed by atoms with Gasteiger partial charge < -0.3 is 5.32 Å². The molecule has 1 N–H and O–H groups in total. The van der Waals surface area contributed by atoms with Crippen molar-refractivity contribution in [2.75, 3.05) is 26.2 Å². The summed E-state index contributed by atoms with van der Waals surface area (Å²) in [5, 5.41) is 3.36. The van der Waals surface area contributed by atoms with Gasteiger partial charge in [0.15, 0.2) is 11.6 Å². The van der Waals surface area contributed by atoms with Crippen LogP contribution in [0.1, 0.15) is 31.7 Å². The molecular formula is C16H23F3N2. The van der Waals surface area contributed by atoms with Crippen LogP contribution in [0, 0.1) is 23.4 Å². The summed E-state index contributed by atoms with van der Waals surface area (Å²) < 4.78 is 40.0. The van der Waals surface area contributed by atoms with Crippen LogP contribution >= 0.6 is 0 Å². The molecule has 118 valence electrons. The molecular weight excluding hydrogens is 277 g/mol. The molecule has 1 aliphatic rings. The van der Waals surface area contributed by atoms with E-state index < -0.39 is 17.5 Å². The van der Waals surface area contributed by atoms with Gasteiger partial charge in [-0.25, -0.2) is 13.2 Å². The van der Waals surface area contributed by atoms with E-state index in [-0.39, 0.29) is 5.56 Å². The molecule has 2 nitrogen and oxygen atoms in total. The van der Waals surface area contributed by atoms with Crippen LogP contribution < -0.4 is 5.32 Å². The van der Waals surface area contributed by atoms with Crippen LogP contribution in [-0.2, 0) is 6.54 Å². The number of hydrogen-bond acceptors (Lipinski definition) is 2. The third kappa shape index (κ3) is 4.71. The molecule has 1 heterocycles. The lowest BCUT2D eigenvalue weighted by Crippen LogP contribution is -2.38. The van der Waals surface area contributed by atoms with Gasteiger partial charge in [0, 0.05) is 24.7 Å². The Hall–Kier alpha value is -1.07. The van der Waals surface area contributed by atoms with Crippen LogP contribution in [0.5, 0.6) is 0 Å². The van der Waals surface area contributed by atoms with Gasteiger partial charge in [0.2, 0.25) is 0 Å². The molecule has 1 atom stereocenters. The monoisotopic (exact) mass is 300 g/mol. The summed E-state index contributed by atoms with van der Waals surface area (Å²) in [5.41, 5.74) is 0.228. The highest BCUT2D eigenvalue weighted by molar-refractivity contribution is 5.20. The van der Waals surface area contributed by atoms with Crippen LogP contribution in [0.4, 0.5) is 13.2 Å². The Morgan fingerprint density at radius 1 is 1.19 bits per heavy atom. The zero-order chi connectivity index (χ0) is 15.2. The summed E-state index contributed by atoms with van der Waals surface area (Å²) in [6, 6.07) is 1.61. The molecule has 0 saturated carbocycles. The second-order valence-electron chi connectivity index (χ2n) is 5.81. The molecule has 1 saturated heterocycles. The number of rotatable bonds is 6. The van der Waals surface area contributed by atoms with Crippen LogP contribution in [0.3, 0.4) is 0 Å². The number of halogens is 3. The quantitative estimate of drug-likeness (QED) is 0.811. The second-order valence-corrected chi connectivity index (χ2v) is 5.81. The average Bonchev–Trinajstić information content (AvgIpc) is 2.46. The fourth-order valence-corrected chi connectivity index (χ4v) is 2.92. The number of nitrogens with one attached hydrogen (secondary N) is 1. The SMILES string of the molecule is CCCN(Cc1cc(F)c(F)cc1F)CC1CCCNC1. The maximum atomic E-state index is 13.8. The molecule has 1 aromatic carbocycles. The fourth-order valence-electron chi connectivity index (χ4n) is 2.92. The van der Waals surface area contributed by atoms with E-state index in [0.717, 1.165) is 51.5 Å². The lowest BCUT2D eigenvalue weighted by Gasteiger charge is -2.30. The molecule has 21 heavy (non-hydrogen) atoms. The van der Waals surface area contributed by atoms with Gasteiger partial charge in [-0.1, -0.05) is 6.92 Å². The van der Waals surface area contributed by atoms with E-state index >= 15 is 0 Å². The van der Waals surface area contributed by atoms with Gasteiger partial charge in [0.05, 0.1) is 0 Å². The van der Waals surface area contributed by atoms with Gasteiger partial charge in [-0.05, 0) is 50.9 Å². The number of piperidine rings is 1. The maximum Gasteiger partial charge on any atom is 0.161 e. The van der Waals surface area contributed by atoms with Crippen molar-refractivity contribution in [2.45, 2.75) is 32.7 Å². The Bertz CT molecular complexity index is 459. The molecule has 1 unspecified atom stereocenters. The highest BCUT2D eigenvalue weighted by Crippen LogP contribution is 2.18. The lowest BCUT2D eigenvalue weighted by molar-refractivity contribution is 0.199. The largest absolute Gasteiger partial charge is 0.316 e. The molecule has 1 aromatic rings. The summed E-state index contributed by atoms with van der Waals surface area (Å²) >= 11 is 0. The highest BCUT2D eigenvalue weighted by Gasteiger charge is 2.18. The zero-order valence-corrected chi connectivity index (χ0v) is 12.5. The van der Waals surface area contributed by atoms with Crippen LogP contribution in [0.15, 0.2) is 12.1 Å². The first-order valence-corrected chi connectivity index (χ1v) is 7.66. The summed E-state index contributed by atoms with van der Waals surface area (Å²) in [4.78, 5) is 2.13. The van der Waals surface area contributed by atoms with E-state index in [0.29, 0.717) is 18.5 Å². The highest BCUT2D eigenvalue weighted by atomic mass is 19.2. The van der Waals surface area contributed by atoms with E-state index in [1.807, 2.05) is 0 Å². The van der Waals surface area contributed by atoms with Crippen molar-refractivity contribution in [3.8, 4) is 0 Å². The van der Waals surface area contributed by atoms with Gasteiger partial charge >= 0.3 is 0 Å². The van der Waals surface area contributed by atoms with Crippen molar-refractivity contribution >= 4 is 0 Å². The Labute approximate surface area is 124 Å². The van der Waals surface area contributed by atoms with Crippen molar-refractivity contribution in [1.29, 1.82) is 0 Å². The topological polar surface area (TPSA) is 15.3 Å². The standard InChI is InChI=1S/C16H23F3N2/c1-2-6-21(10-12-4-3-5-20-9-12)11-13-7-15(18)16(19)8-14(13)17/h7-8,12,20H,2-6,9-11H2,1H3. The van der Waals surface area contributed by atoms with Crippen LogP contribution in [-0.4, -0.2) is 31.1 Å². The zero-order valence-electron chi connectivity index (χ0n) is 12.5. The van der Waals surface area contributed by atoms with Crippen molar-refractivity contribution < 1.29 is 13.2 Å². The van der Waals surface area contributed by atoms with Gasteiger partial charge in [0.1, 0.15) is 5.82 Å². The van der Waals surface area contributed by atoms with E-state index in [2.05, 4.69) is 17.1 Å². The predicted molar refractivity (Wildman–Crippen MR) is 77.5 cm³/mol. The molecule has 2 rings (SSSR count). The first kappa shape index (κ1) is 16.3. The first-order chi connectivity index (χ1) is 10.1. The predicted octanol–water partition coefficient (Wildman–Crippen LogP) is 3.32. The average molecular weight is 300 g/mol. The summed E-state index contributed by atoms with van der Waals surface area (Å²) in [6.07, 6.45) is 3.27.